The number of rotatable bonds is 9. The summed E-state index contributed by atoms with van der Waals surface area (Å²) in [5.74, 6) is 0.206. The molecule has 1 aliphatic rings. The molecule has 0 spiro atoms. The van der Waals surface area contributed by atoms with Gasteiger partial charge in [0, 0.05) is 19.6 Å². The number of unbranched alkanes of at least 4 members (excludes halogenated alkanes) is 1. The molecule has 1 unspecified atom stereocenters. The summed E-state index contributed by atoms with van der Waals surface area (Å²) in [5, 5.41) is 20.9. The maximum absolute atomic E-state index is 12.4. The van der Waals surface area contributed by atoms with Crippen molar-refractivity contribution in [1.82, 2.24) is 15.5 Å². The zero-order chi connectivity index (χ0) is 21.6. The van der Waals surface area contributed by atoms with Crippen LogP contribution in [0, 0.1) is 0 Å². The van der Waals surface area contributed by atoms with Crippen LogP contribution in [0.5, 0.6) is 0 Å². The molecule has 2 amide bonds. The van der Waals surface area contributed by atoms with E-state index in [2.05, 4.69) is 15.6 Å². The summed E-state index contributed by atoms with van der Waals surface area (Å²) in [6.45, 7) is 5.74. The van der Waals surface area contributed by atoms with Crippen molar-refractivity contribution in [3.05, 3.63) is 57.8 Å². The molecule has 0 radical (unpaired) electrons. The van der Waals surface area contributed by atoms with Crippen LogP contribution >= 0.6 is 11.3 Å². The first-order valence-electron chi connectivity index (χ1n) is 10.2. The largest absolute Gasteiger partial charge is 0.383 e. The summed E-state index contributed by atoms with van der Waals surface area (Å²) in [5.41, 5.74) is 0.807. The molecular weight excluding hydrogens is 400 g/mol. The second-order valence-electron chi connectivity index (χ2n) is 7.42. The van der Waals surface area contributed by atoms with Gasteiger partial charge < -0.3 is 15.7 Å². The molecule has 0 saturated carbocycles. The highest BCUT2D eigenvalue weighted by Crippen LogP contribution is 2.23. The number of hydrogen-bond donors (Lipinski definition) is 3. The Bertz CT molecular complexity index is 874. The van der Waals surface area contributed by atoms with Crippen LogP contribution in [0.3, 0.4) is 0 Å². The van der Waals surface area contributed by atoms with Gasteiger partial charge in [0.15, 0.2) is 5.96 Å². The third-order valence-electron chi connectivity index (χ3n) is 5.01. The average molecular weight is 429 g/mol. The van der Waals surface area contributed by atoms with Crippen molar-refractivity contribution >= 4 is 29.1 Å². The Morgan fingerprint density at radius 2 is 1.83 bits per heavy atom. The minimum absolute atomic E-state index is 0.214. The number of hydrogen-bond acceptors (Lipinski definition) is 5. The lowest BCUT2D eigenvalue weighted by Gasteiger charge is -2.21. The van der Waals surface area contributed by atoms with Crippen LogP contribution in [0.2, 0.25) is 0 Å². The molecule has 3 N–H and O–H groups in total. The van der Waals surface area contributed by atoms with Gasteiger partial charge in [-0.3, -0.25) is 14.5 Å². The van der Waals surface area contributed by atoms with Gasteiger partial charge >= 0.3 is 0 Å². The number of fused-ring (bicyclic) bond motifs is 1. The van der Waals surface area contributed by atoms with E-state index in [4.69, 9.17) is 0 Å². The third-order valence-corrected chi connectivity index (χ3v) is 5.69. The first kappa shape index (κ1) is 22.0. The first-order valence-corrected chi connectivity index (χ1v) is 11.1. The lowest BCUT2D eigenvalue weighted by atomic mass is 10.00. The predicted molar refractivity (Wildman–Crippen MR) is 119 cm³/mol. The highest BCUT2D eigenvalue weighted by atomic mass is 32.1. The molecule has 8 heteroatoms. The Kier molecular flexibility index (Phi) is 7.23. The van der Waals surface area contributed by atoms with Crippen molar-refractivity contribution in [1.29, 1.82) is 0 Å². The second kappa shape index (κ2) is 9.86. The fraction of sp³-hybridized carbons (Fsp3) is 0.409. The van der Waals surface area contributed by atoms with Crippen LogP contribution in [0.1, 0.15) is 53.0 Å². The number of aliphatic hydroxyl groups is 1. The lowest BCUT2D eigenvalue weighted by Crippen LogP contribution is -2.39. The minimum Gasteiger partial charge on any atom is -0.383 e. The molecule has 0 fully saturated rings. The van der Waals surface area contributed by atoms with E-state index in [1.165, 1.54) is 4.90 Å². The van der Waals surface area contributed by atoms with Crippen molar-refractivity contribution in [2.24, 2.45) is 4.99 Å². The van der Waals surface area contributed by atoms with E-state index in [-0.39, 0.29) is 18.4 Å². The zero-order valence-electron chi connectivity index (χ0n) is 17.4. The van der Waals surface area contributed by atoms with Gasteiger partial charge in [0.2, 0.25) is 0 Å². The molecule has 1 aromatic carbocycles. The number of carbonyl (C=O) groups excluding carboxylic acids is 2. The molecule has 0 saturated heterocycles. The SMILES string of the molecule is CCNC(=NCC(C)(O)c1ccsc1)NCCCCN1C(=O)c2ccccc2C1=O. The van der Waals surface area contributed by atoms with Gasteiger partial charge in [-0.2, -0.15) is 11.3 Å². The van der Waals surface area contributed by atoms with Crippen LogP contribution in [-0.4, -0.2) is 54.0 Å². The fourth-order valence-electron chi connectivity index (χ4n) is 3.28. The maximum atomic E-state index is 12.4. The molecule has 2 heterocycles. The summed E-state index contributed by atoms with van der Waals surface area (Å²) < 4.78 is 0. The monoisotopic (exact) mass is 428 g/mol. The third kappa shape index (κ3) is 5.06. The van der Waals surface area contributed by atoms with Crippen molar-refractivity contribution in [3.8, 4) is 0 Å². The van der Waals surface area contributed by atoms with Gasteiger partial charge in [-0.05, 0) is 61.2 Å². The van der Waals surface area contributed by atoms with E-state index < -0.39 is 5.60 Å². The highest BCUT2D eigenvalue weighted by molar-refractivity contribution is 7.08. The molecule has 1 atom stereocenters. The quantitative estimate of drug-likeness (QED) is 0.247. The van der Waals surface area contributed by atoms with E-state index >= 15 is 0 Å². The Hall–Kier alpha value is -2.71. The number of nitrogens with zero attached hydrogens (tertiary/aromatic N) is 2. The van der Waals surface area contributed by atoms with Crippen LogP contribution < -0.4 is 10.6 Å². The standard InChI is InChI=1S/C22H28N4O3S/c1-3-23-21(25-15-22(2,29)16-10-13-30-14-16)24-11-6-7-12-26-19(27)17-8-4-5-9-18(17)20(26)28/h4-5,8-10,13-14,29H,3,6-7,11-12,15H2,1-2H3,(H2,23,24,25). The number of benzene rings is 1. The molecule has 1 aromatic heterocycles. The lowest BCUT2D eigenvalue weighted by molar-refractivity contribution is 0.0650. The normalized spacial score (nSPS) is 15.8. The minimum atomic E-state index is -1.02. The number of nitrogens with one attached hydrogen (secondary N) is 2. The number of carbonyl (C=O) groups is 2. The Morgan fingerprint density at radius 1 is 1.13 bits per heavy atom. The Morgan fingerprint density at radius 3 is 2.43 bits per heavy atom. The van der Waals surface area contributed by atoms with Crippen molar-refractivity contribution in [2.45, 2.75) is 32.3 Å². The van der Waals surface area contributed by atoms with Gasteiger partial charge in [0.25, 0.3) is 11.8 Å². The predicted octanol–water partition coefficient (Wildman–Crippen LogP) is 2.59. The van der Waals surface area contributed by atoms with Gasteiger partial charge in [0.05, 0.1) is 17.7 Å². The molecule has 1 aliphatic heterocycles. The van der Waals surface area contributed by atoms with E-state index in [0.29, 0.717) is 43.1 Å². The van der Waals surface area contributed by atoms with E-state index in [1.54, 1.807) is 42.5 Å². The molecule has 3 rings (SSSR count). The summed E-state index contributed by atoms with van der Waals surface area (Å²) in [6.07, 6.45) is 1.48. The number of aliphatic imine (C=N–C) groups is 1. The number of amides is 2. The topological polar surface area (TPSA) is 94.0 Å². The summed E-state index contributed by atoms with van der Waals surface area (Å²) in [6, 6.07) is 8.84. The van der Waals surface area contributed by atoms with Crippen LogP contribution in [0.15, 0.2) is 46.1 Å². The van der Waals surface area contributed by atoms with Crippen molar-refractivity contribution in [2.75, 3.05) is 26.2 Å². The second-order valence-corrected chi connectivity index (χ2v) is 8.20. The summed E-state index contributed by atoms with van der Waals surface area (Å²) in [7, 11) is 0. The van der Waals surface area contributed by atoms with E-state index in [0.717, 1.165) is 12.0 Å². The molecule has 7 nitrogen and oxygen atoms in total. The van der Waals surface area contributed by atoms with Crippen LogP contribution in [0.25, 0.3) is 0 Å². The van der Waals surface area contributed by atoms with Crippen LogP contribution in [-0.2, 0) is 5.60 Å². The average Bonchev–Trinajstić information content (AvgIpc) is 3.36. The van der Waals surface area contributed by atoms with Gasteiger partial charge in [0.1, 0.15) is 5.60 Å². The van der Waals surface area contributed by atoms with Gasteiger partial charge in [-0.1, -0.05) is 12.1 Å². The zero-order valence-corrected chi connectivity index (χ0v) is 18.2. The molecule has 0 bridgehead atoms. The number of thiophene rings is 1. The number of guanidine groups is 1. The maximum Gasteiger partial charge on any atom is 0.261 e. The molecule has 2 aromatic rings. The molecule has 160 valence electrons. The fourth-order valence-corrected chi connectivity index (χ4v) is 4.06. The Balaban J connectivity index is 1.45. The van der Waals surface area contributed by atoms with Crippen molar-refractivity contribution in [3.63, 3.8) is 0 Å². The first-order chi connectivity index (χ1) is 14.4. The molecule has 0 aliphatic carbocycles. The van der Waals surface area contributed by atoms with Crippen LogP contribution in [0.4, 0.5) is 0 Å². The van der Waals surface area contributed by atoms with Gasteiger partial charge in [-0.25, -0.2) is 4.99 Å². The van der Waals surface area contributed by atoms with Gasteiger partial charge in [-0.15, -0.1) is 0 Å². The summed E-state index contributed by atoms with van der Waals surface area (Å²) in [4.78, 5) is 30.6. The molecule has 30 heavy (non-hydrogen) atoms. The number of imide groups is 1. The highest BCUT2D eigenvalue weighted by Gasteiger charge is 2.34. The Labute approximate surface area is 180 Å². The van der Waals surface area contributed by atoms with E-state index in [9.17, 15) is 14.7 Å². The van der Waals surface area contributed by atoms with Crippen molar-refractivity contribution < 1.29 is 14.7 Å². The molecular formula is C22H28N4O3S. The summed E-state index contributed by atoms with van der Waals surface area (Å²) >= 11 is 1.55. The van der Waals surface area contributed by atoms with E-state index in [1.807, 2.05) is 23.8 Å². The smallest absolute Gasteiger partial charge is 0.261 e.